The van der Waals surface area contributed by atoms with Crippen LogP contribution in [0.3, 0.4) is 0 Å². The third-order valence-electron chi connectivity index (χ3n) is 5.07. The Bertz CT molecular complexity index is 861. The van der Waals surface area contributed by atoms with Crippen LogP contribution in [0.25, 0.3) is 0 Å². The zero-order valence-electron chi connectivity index (χ0n) is 16.2. The van der Waals surface area contributed by atoms with Gasteiger partial charge in [0.05, 0.1) is 0 Å². The first-order valence-corrected chi connectivity index (χ1v) is 10.3. The van der Waals surface area contributed by atoms with Crippen LogP contribution in [0.15, 0.2) is 46.9 Å². The van der Waals surface area contributed by atoms with E-state index < -0.39 is 0 Å². The predicted octanol–water partition coefficient (Wildman–Crippen LogP) is 3.87. The van der Waals surface area contributed by atoms with Crippen molar-refractivity contribution in [2.45, 2.75) is 32.7 Å². The van der Waals surface area contributed by atoms with Crippen molar-refractivity contribution in [2.24, 2.45) is 0 Å². The van der Waals surface area contributed by atoms with Gasteiger partial charge in [0.25, 0.3) is 11.8 Å². The summed E-state index contributed by atoms with van der Waals surface area (Å²) in [6.45, 7) is 5.33. The molecular weight excluding hydrogens is 420 g/mol. The van der Waals surface area contributed by atoms with Crippen molar-refractivity contribution in [3.8, 4) is 5.75 Å². The Kier molecular flexibility index (Phi) is 6.73. The molecule has 5 nitrogen and oxygen atoms in total. The van der Waals surface area contributed by atoms with Gasteiger partial charge in [0, 0.05) is 29.2 Å². The highest BCUT2D eigenvalue weighted by Crippen LogP contribution is 2.18. The molecule has 2 aromatic carbocycles. The fourth-order valence-electron chi connectivity index (χ4n) is 3.25. The maximum absolute atomic E-state index is 12.6. The molecule has 0 bridgehead atoms. The number of carbonyl (C=O) groups excluding carboxylic acids is 2. The number of nitrogens with zero attached hydrogens (tertiary/aromatic N) is 1. The molecule has 6 heteroatoms. The maximum atomic E-state index is 12.6. The van der Waals surface area contributed by atoms with Crippen LogP contribution in [0.1, 0.15) is 34.3 Å². The summed E-state index contributed by atoms with van der Waals surface area (Å²) < 4.78 is 6.49. The Morgan fingerprint density at radius 3 is 2.54 bits per heavy atom. The van der Waals surface area contributed by atoms with E-state index in [1.807, 2.05) is 61.2 Å². The number of ether oxygens (including phenoxy) is 1. The number of benzene rings is 2. The average molecular weight is 445 g/mol. The summed E-state index contributed by atoms with van der Waals surface area (Å²) in [5.41, 5.74) is 3.01. The molecule has 1 N–H and O–H groups in total. The van der Waals surface area contributed by atoms with E-state index in [0.29, 0.717) is 24.4 Å². The van der Waals surface area contributed by atoms with Gasteiger partial charge in [-0.3, -0.25) is 9.59 Å². The standard InChI is InChI=1S/C22H25BrN2O3/c1-15-6-7-20(12-16(15)2)28-14-21(26)24-19-8-10-25(11-9-19)22(27)17-4-3-5-18(23)13-17/h3-7,12-13,19H,8-11,14H2,1-2H3,(H,24,26). The van der Waals surface area contributed by atoms with E-state index in [1.54, 1.807) is 0 Å². The van der Waals surface area contributed by atoms with Crippen LogP contribution in [-0.4, -0.2) is 42.5 Å². The summed E-state index contributed by atoms with van der Waals surface area (Å²) in [5, 5.41) is 3.01. The number of likely N-dealkylation sites (tertiary alicyclic amines) is 1. The van der Waals surface area contributed by atoms with Gasteiger partial charge in [-0.1, -0.05) is 28.1 Å². The molecule has 1 fully saturated rings. The number of piperidine rings is 1. The Balaban J connectivity index is 1.44. The lowest BCUT2D eigenvalue weighted by atomic mass is 10.0. The van der Waals surface area contributed by atoms with Crippen molar-refractivity contribution in [3.63, 3.8) is 0 Å². The molecule has 28 heavy (non-hydrogen) atoms. The Labute approximate surface area is 174 Å². The zero-order chi connectivity index (χ0) is 20.1. The summed E-state index contributed by atoms with van der Waals surface area (Å²) >= 11 is 3.40. The Morgan fingerprint density at radius 2 is 1.86 bits per heavy atom. The quantitative estimate of drug-likeness (QED) is 0.761. The normalized spacial score (nSPS) is 14.6. The van der Waals surface area contributed by atoms with Gasteiger partial charge in [0.15, 0.2) is 6.61 Å². The first-order chi connectivity index (χ1) is 13.4. The smallest absolute Gasteiger partial charge is 0.258 e. The van der Waals surface area contributed by atoms with Gasteiger partial charge in [-0.2, -0.15) is 0 Å². The van der Waals surface area contributed by atoms with Crippen LogP contribution in [0.4, 0.5) is 0 Å². The van der Waals surface area contributed by atoms with Crippen molar-refractivity contribution in [2.75, 3.05) is 19.7 Å². The minimum atomic E-state index is -0.130. The first kappa shape index (κ1) is 20.4. The summed E-state index contributed by atoms with van der Waals surface area (Å²) in [7, 11) is 0. The topological polar surface area (TPSA) is 58.6 Å². The molecule has 0 aliphatic carbocycles. The van der Waals surface area contributed by atoms with Gasteiger partial charge >= 0.3 is 0 Å². The second-order valence-corrected chi connectivity index (χ2v) is 8.09. The van der Waals surface area contributed by atoms with E-state index >= 15 is 0 Å². The fourth-order valence-corrected chi connectivity index (χ4v) is 3.65. The third-order valence-corrected chi connectivity index (χ3v) is 5.56. The zero-order valence-corrected chi connectivity index (χ0v) is 17.8. The van der Waals surface area contributed by atoms with Crippen molar-refractivity contribution in [1.29, 1.82) is 0 Å². The van der Waals surface area contributed by atoms with E-state index in [0.717, 1.165) is 22.9 Å². The average Bonchev–Trinajstić information content (AvgIpc) is 2.69. The largest absolute Gasteiger partial charge is 0.484 e. The molecule has 0 radical (unpaired) electrons. The molecule has 2 aromatic rings. The summed E-state index contributed by atoms with van der Waals surface area (Å²) in [6.07, 6.45) is 1.49. The van der Waals surface area contributed by atoms with Gasteiger partial charge in [-0.25, -0.2) is 0 Å². The monoisotopic (exact) mass is 444 g/mol. The molecule has 0 aromatic heterocycles. The number of carbonyl (C=O) groups is 2. The first-order valence-electron chi connectivity index (χ1n) is 9.46. The summed E-state index contributed by atoms with van der Waals surface area (Å²) in [6, 6.07) is 13.3. The van der Waals surface area contributed by atoms with E-state index in [4.69, 9.17) is 4.74 Å². The van der Waals surface area contributed by atoms with E-state index in [-0.39, 0.29) is 24.5 Å². The molecular formula is C22H25BrN2O3. The number of nitrogens with one attached hydrogen (secondary N) is 1. The third kappa shape index (κ3) is 5.35. The molecule has 0 unspecified atom stereocenters. The Hall–Kier alpha value is -2.34. The molecule has 0 spiro atoms. The van der Waals surface area contributed by atoms with Gasteiger partial charge < -0.3 is 15.0 Å². The number of amides is 2. The molecule has 0 atom stereocenters. The van der Waals surface area contributed by atoms with Crippen LogP contribution in [-0.2, 0) is 4.79 Å². The van der Waals surface area contributed by atoms with Crippen LogP contribution in [0, 0.1) is 13.8 Å². The molecule has 148 valence electrons. The highest BCUT2D eigenvalue weighted by Gasteiger charge is 2.24. The molecule has 1 saturated heterocycles. The van der Waals surface area contributed by atoms with Crippen molar-refractivity contribution >= 4 is 27.7 Å². The van der Waals surface area contributed by atoms with Gasteiger partial charge in [0.2, 0.25) is 0 Å². The van der Waals surface area contributed by atoms with E-state index in [9.17, 15) is 9.59 Å². The van der Waals surface area contributed by atoms with Crippen molar-refractivity contribution in [1.82, 2.24) is 10.2 Å². The van der Waals surface area contributed by atoms with Gasteiger partial charge in [-0.15, -0.1) is 0 Å². The van der Waals surface area contributed by atoms with Crippen LogP contribution in [0.5, 0.6) is 5.75 Å². The van der Waals surface area contributed by atoms with Crippen molar-refractivity contribution < 1.29 is 14.3 Å². The lowest BCUT2D eigenvalue weighted by Gasteiger charge is -2.32. The SMILES string of the molecule is Cc1ccc(OCC(=O)NC2CCN(C(=O)c3cccc(Br)c3)CC2)cc1C. The lowest BCUT2D eigenvalue weighted by Crippen LogP contribution is -2.47. The highest BCUT2D eigenvalue weighted by molar-refractivity contribution is 9.10. The number of hydrogen-bond donors (Lipinski definition) is 1. The van der Waals surface area contributed by atoms with Crippen molar-refractivity contribution in [3.05, 3.63) is 63.6 Å². The molecule has 1 heterocycles. The summed E-state index contributed by atoms with van der Waals surface area (Å²) in [4.78, 5) is 26.6. The maximum Gasteiger partial charge on any atom is 0.258 e. The molecule has 1 aliphatic heterocycles. The van der Waals surface area contributed by atoms with Gasteiger partial charge in [0.1, 0.15) is 5.75 Å². The number of hydrogen-bond acceptors (Lipinski definition) is 3. The molecule has 3 rings (SSSR count). The van der Waals surface area contributed by atoms with Crippen LogP contribution >= 0.6 is 15.9 Å². The minimum Gasteiger partial charge on any atom is -0.484 e. The fraction of sp³-hybridized carbons (Fsp3) is 0.364. The Morgan fingerprint density at radius 1 is 1.11 bits per heavy atom. The predicted molar refractivity (Wildman–Crippen MR) is 113 cm³/mol. The van der Waals surface area contributed by atoms with E-state index in [1.165, 1.54) is 5.56 Å². The second-order valence-electron chi connectivity index (χ2n) is 7.18. The second kappa shape index (κ2) is 9.24. The lowest BCUT2D eigenvalue weighted by molar-refractivity contribution is -0.124. The molecule has 1 aliphatic rings. The number of aryl methyl sites for hydroxylation is 2. The highest BCUT2D eigenvalue weighted by atomic mass is 79.9. The minimum absolute atomic E-state index is 0.000310. The molecule has 2 amide bonds. The number of halogens is 1. The van der Waals surface area contributed by atoms with Crippen LogP contribution < -0.4 is 10.1 Å². The van der Waals surface area contributed by atoms with Crippen LogP contribution in [0.2, 0.25) is 0 Å². The number of rotatable bonds is 5. The molecule has 0 saturated carbocycles. The van der Waals surface area contributed by atoms with E-state index in [2.05, 4.69) is 21.2 Å². The summed E-state index contributed by atoms with van der Waals surface area (Å²) in [5.74, 6) is 0.604. The van der Waals surface area contributed by atoms with Gasteiger partial charge in [-0.05, 0) is 68.1 Å².